The molecule has 106 valence electrons. The molecule has 6 heteroatoms. The number of carbonyl (C=O) groups is 1. The summed E-state index contributed by atoms with van der Waals surface area (Å²) in [4.78, 5) is 19.7. The summed E-state index contributed by atoms with van der Waals surface area (Å²) in [6.07, 6.45) is 5.38. The number of aromatic amines is 2. The number of rotatable bonds is 3. The molecule has 1 aliphatic rings. The van der Waals surface area contributed by atoms with Crippen LogP contribution < -0.4 is 5.32 Å². The number of hydrogen-bond donors (Lipinski definition) is 3. The number of fused-ring (bicyclic) bond motifs is 1. The van der Waals surface area contributed by atoms with Crippen molar-refractivity contribution in [1.82, 2.24) is 20.2 Å². The van der Waals surface area contributed by atoms with Gasteiger partial charge in [0.2, 0.25) is 5.95 Å². The highest BCUT2D eigenvalue weighted by Crippen LogP contribution is 2.34. The maximum atomic E-state index is 12.2. The van der Waals surface area contributed by atoms with Crippen molar-refractivity contribution in [3.8, 4) is 0 Å². The fourth-order valence-corrected chi connectivity index (χ4v) is 2.56. The molecule has 0 radical (unpaired) electrons. The van der Waals surface area contributed by atoms with Gasteiger partial charge < -0.3 is 4.98 Å². The minimum Gasteiger partial charge on any atom is -0.361 e. The van der Waals surface area contributed by atoms with Gasteiger partial charge in [0.25, 0.3) is 5.91 Å². The average molecular weight is 281 g/mol. The number of anilines is 1. The van der Waals surface area contributed by atoms with Gasteiger partial charge in [0.05, 0.1) is 0 Å². The lowest BCUT2D eigenvalue weighted by molar-refractivity contribution is 0.102. The van der Waals surface area contributed by atoms with Gasteiger partial charge in [-0.2, -0.15) is 4.98 Å². The quantitative estimate of drug-likeness (QED) is 0.690. The number of amides is 1. The summed E-state index contributed by atoms with van der Waals surface area (Å²) < 4.78 is 0. The molecule has 0 aliphatic heterocycles. The van der Waals surface area contributed by atoms with Gasteiger partial charge in [0.15, 0.2) is 0 Å². The molecule has 1 fully saturated rings. The standard InChI is InChI=1S/C15H15N5O/c21-14(11-5-4-9-6-7-16-12(9)8-11)18-15-17-13(19-20-15)10-2-1-3-10/h4-8,10,16H,1-3H2,(H2,17,18,19,20,21). The Bertz CT molecular complexity index is 799. The van der Waals surface area contributed by atoms with Crippen molar-refractivity contribution in [2.75, 3.05) is 5.32 Å². The normalized spacial score (nSPS) is 15.0. The third kappa shape index (κ3) is 2.18. The zero-order valence-electron chi connectivity index (χ0n) is 11.4. The van der Waals surface area contributed by atoms with Crippen molar-refractivity contribution in [2.24, 2.45) is 0 Å². The zero-order valence-corrected chi connectivity index (χ0v) is 11.4. The van der Waals surface area contributed by atoms with Crippen LogP contribution in [-0.4, -0.2) is 26.1 Å². The van der Waals surface area contributed by atoms with Crippen molar-refractivity contribution in [3.05, 3.63) is 41.9 Å². The Morgan fingerprint density at radius 1 is 1.29 bits per heavy atom. The third-order valence-corrected chi connectivity index (χ3v) is 4.04. The zero-order chi connectivity index (χ0) is 14.2. The molecule has 4 rings (SSSR count). The maximum absolute atomic E-state index is 12.2. The van der Waals surface area contributed by atoms with E-state index in [1.165, 1.54) is 6.42 Å². The topological polar surface area (TPSA) is 86.5 Å². The molecule has 21 heavy (non-hydrogen) atoms. The fourth-order valence-electron chi connectivity index (χ4n) is 2.56. The predicted molar refractivity (Wildman–Crippen MR) is 79.2 cm³/mol. The van der Waals surface area contributed by atoms with E-state index in [0.717, 1.165) is 29.6 Å². The second-order valence-electron chi connectivity index (χ2n) is 5.41. The Morgan fingerprint density at radius 3 is 3.00 bits per heavy atom. The van der Waals surface area contributed by atoms with E-state index < -0.39 is 0 Å². The van der Waals surface area contributed by atoms with Crippen LogP contribution in [0.1, 0.15) is 41.4 Å². The first kappa shape index (κ1) is 12.1. The molecule has 0 atom stereocenters. The Labute approximate surface area is 121 Å². The second kappa shape index (κ2) is 4.73. The van der Waals surface area contributed by atoms with Gasteiger partial charge in [0, 0.05) is 23.2 Å². The molecule has 0 saturated heterocycles. The summed E-state index contributed by atoms with van der Waals surface area (Å²) in [6.45, 7) is 0. The van der Waals surface area contributed by atoms with E-state index in [9.17, 15) is 4.79 Å². The minimum atomic E-state index is -0.203. The third-order valence-electron chi connectivity index (χ3n) is 4.04. The molecule has 0 unspecified atom stereocenters. The lowest BCUT2D eigenvalue weighted by Gasteiger charge is -2.22. The fraction of sp³-hybridized carbons (Fsp3) is 0.267. The summed E-state index contributed by atoms with van der Waals surface area (Å²) in [7, 11) is 0. The van der Waals surface area contributed by atoms with Gasteiger partial charge in [0.1, 0.15) is 5.82 Å². The molecule has 0 spiro atoms. The van der Waals surface area contributed by atoms with Crippen LogP contribution in [0.2, 0.25) is 0 Å². The summed E-state index contributed by atoms with van der Waals surface area (Å²) in [6, 6.07) is 7.50. The van der Waals surface area contributed by atoms with Crippen molar-refractivity contribution < 1.29 is 4.79 Å². The molecular formula is C15H15N5O. The summed E-state index contributed by atoms with van der Waals surface area (Å²) in [5.41, 5.74) is 1.52. The summed E-state index contributed by atoms with van der Waals surface area (Å²) in [5, 5.41) is 10.8. The maximum Gasteiger partial charge on any atom is 0.258 e. The van der Waals surface area contributed by atoms with E-state index >= 15 is 0 Å². The largest absolute Gasteiger partial charge is 0.361 e. The lowest BCUT2D eigenvalue weighted by atomic mass is 9.85. The van der Waals surface area contributed by atoms with Crippen LogP contribution in [0.3, 0.4) is 0 Å². The smallest absolute Gasteiger partial charge is 0.258 e. The highest BCUT2D eigenvalue weighted by molar-refractivity contribution is 6.05. The Balaban J connectivity index is 1.52. The highest BCUT2D eigenvalue weighted by Gasteiger charge is 2.23. The molecule has 1 aliphatic carbocycles. The van der Waals surface area contributed by atoms with E-state index in [1.54, 1.807) is 6.07 Å². The molecule has 2 aromatic heterocycles. The average Bonchev–Trinajstić information content (AvgIpc) is 3.05. The summed E-state index contributed by atoms with van der Waals surface area (Å²) >= 11 is 0. The lowest BCUT2D eigenvalue weighted by Crippen LogP contribution is -2.13. The van der Waals surface area contributed by atoms with Gasteiger partial charge in [-0.3, -0.25) is 15.2 Å². The van der Waals surface area contributed by atoms with Gasteiger partial charge >= 0.3 is 0 Å². The number of hydrogen-bond acceptors (Lipinski definition) is 3. The first-order chi connectivity index (χ1) is 10.3. The first-order valence-corrected chi connectivity index (χ1v) is 7.10. The Kier molecular flexibility index (Phi) is 2.73. The van der Waals surface area contributed by atoms with Gasteiger partial charge in [-0.25, -0.2) is 0 Å². The predicted octanol–water partition coefficient (Wildman–Crippen LogP) is 2.81. The number of nitrogens with zero attached hydrogens (tertiary/aromatic N) is 2. The molecule has 1 amide bonds. The second-order valence-corrected chi connectivity index (χ2v) is 5.41. The van der Waals surface area contributed by atoms with E-state index in [1.807, 2.05) is 24.4 Å². The molecular weight excluding hydrogens is 266 g/mol. The number of nitrogens with one attached hydrogen (secondary N) is 3. The van der Waals surface area contributed by atoms with Crippen LogP contribution >= 0.6 is 0 Å². The van der Waals surface area contributed by atoms with Gasteiger partial charge in [-0.1, -0.05) is 12.5 Å². The number of aromatic nitrogens is 4. The van der Waals surface area contributed by atoms with E-state index in [-0.39, 0.29) is 5.91 Å². The van der Waals surface area contributed by atoms with E-state index in [4.69, 9.17) is 0 Å². The minimum absolute atomic E-state index is 0.203. The first-order valence-electron chi connectivity index (χ1n) is 7.10. The summed E-state index contributed by atoms with van der Waals surface area (Å²) in [5.74, 6) is 1.48. The van der Waals surface area contributed by atoms with Crippen LogP contribution in [-0.2, 0) is 0 Å². The molecule has 3 N–H and O–H groups in total. The molecule has 1 aromatic carbocycles. The number of H-pyrrole nitrogens is 2. The van der Waals surface area contributed by atoms with E-state index in [0.29, 0.717) is 17.4 Å². The number of benzene rings is 1. The monoisotopic (exact) mass is 281 g/mol. The number of carbonyl (C=O) groups excluding carboxylic acids is 1. The Morgan fingerprint density at radius 2 is 2.19 bits per heavy atom. The van der Waals surface area contributed by atoms with Crippen molar-refractivity contribution in [1.29, 1.82) is 0 Å². The van der Waals surface area contributed by atoms with Crippen LogP contribution in [0.5, 0.6) is 0 Å². The van der Waals surface area contributed by atoms with Gasteiger partial charge in [-0.05, 0) is 36.4 Å². The Hall–Kier alpha value is -2.63. The van der Waals surface area contributed by atoms with Crippen molar-refractivity contribution >= 4 is 22.8 Å². The van der Waals surface area contributed by atoms with E-state index in [2.05, 4.69) is 25.5 Å². The SMILES string of the molecule is O=C(Nc1n[nH]c(C2CCC2)n1)c1ccc2cc[nH]c2c1. The molecule has 3 aromatic rings. The highest BCUT2D eigenvalue weighted by atomic mass is 16.1. The molecule has 0 bridgehead atoms. The van der Waals surface area contributed by atoms with Crippen molar-refractivity contribution in [3.63, 3.8) is 0 Å². The van der Waals surface area contributed by atoms with Crippen molar-refractivity contribution in [2.45, 2.75) is 25.2 Å². The molecule has 6 nitrogen and oxygen atoms in total. The van der Waals surface area contributed by atoms with Crippen LogP contribution in [0.4, 0.5) is 5.95 Å². The molecule has 1 saturated carbocycles. The van der Waals surface area contributed by atoms with Crippen LogP contribution in [0.15, 0.2) is 30.5 Å². The van der Waals surface area contributed by atoms with Crippen LogP contribution in [0.25, 0.3) is 10.9 Å². The molecule has 2 heterocycles. The van der Waals surface area contributed by atoms with Gasteiger partial charge in [-0.15, -0.1) is 5.10 Å². The van der Waals surface area contributed by atoms with Crippen LogP contribution in [0, 0.1) is 0 Å².